The number of benzene rings is 3. The fourth-order valence-electron chi connectivity index (χ4n) is 5.32. The van der Waals surface area contributed by atoms with Crippen molar-refractivity contribution in [3.05, 3.63) is 94.1 Å². The Morgan fingerprint density at radius 2 is 1.60 bits per heavy atom. The van der Waals surface area contributed by atoms with Crippen molar-refractivity contribution in [2.24, 2.45) is 0 Å². The highest BCUT2D eigenvalue weighted by molar-refractivity contribution is 5.85. The number of carbonyl (C=O) groups excluding carboxylic acids is 1. The van der Waals surface area contributed by atoms with Crippen molar-refractivity contribution in [3.8, 4) is 17.1 Å². The second-order valence-electron chi connectivity index (χ2n) is 9.67. The zero-order valence-corrected chi connectivity index (χ0v) is 24.0. The van der Waals surface area contributed by atoms with Gasteiger partial charge in [-0.1, -0.05) is 54.6 Å². The van der Waals surface area contributed by atoms with Gasteiger partial charge in [0.1, 0.15) is 23.3 Å². The molecule has 9 heteroatoms. The molecule has 8 nitrogen and oxygen atoms in total. The van der Waals surface area contributed by atoms with Crippen LogP contribution in [0.4, 0.5) is 5.69 Å². The molecular formula is C31H36ClN3O5. The summed E-state index contributed by atoms with van der Waals surface area (Å²) in [6.45, 7) is 6.35. The molecule has 1 aromatic heterocycles. The number of hydrogen-bond acceptors (Lipinski definition) is 6. The summed E-state index contributed by atoms with van der Waals surface area (Å²) >= 11 is 0. The Labute approximate surface area is 240 Å². The zero-order chi connectivity index (χ0) is 26.8. The van der Waals surface area contributed by atoms with Crippen LogP contribution in [0.3, 0.4) is 0 Å². The first-order valence-electron chi connectivity index (χ1n) is 12.9. The lowest BCUT2D eigenvalue weighted by Crippen LogP contribution is -2.52. The number of piperazine rings is 1. The van der Waals surface area contributed by atoms with Gasteiger partial charge in [-0.2, -0.15) is 0 Å². The van der Waals surface area contributed by atoms with Crippen LogP contribution in [-0.2, 0) is 4.79 Å². The van der Waals surface area contributed by atoms with Crippen LogP contribution in [0.1, 0.15) is 24.2 Å². The van der Waals surface area contributed by atoms with E-state index in [1.807, 2.05) is 67.7 Å². The van der Waals surface area contributed by atoms with E-state index in [1.165, 1.54) is 0 Å². The Morgan fingerprint density at radius 1 is 0.950 bits per heavy atom. The molecule has 40 heavy (non-hydrogen) atoms. The van der Waals surface area contributed by atoms with E-state index in [0.29, 0.717) is 22.3 Å². The Bertz CT molecular complexity index is 1520. The van der Waals surface area contributed by atoms with Crippen molar-refractivity contribution in [1.29, 1.82) is 0 Å². The number of amides is 1. The predicted molar refractivity (Wildman–Crippen MR) is 161 cm³/mol. The van der Waals surface area contributed by atoms with Crippen LogP contribution in [-0.4, -0.2) is 61.5 Å². The molecule has 1 saturated heterocycles. The van der Waals surface area contributed by atoms with Gasteiger partial charge >= 0.3 is 0 Å². The van der Waals surface area contributed by atoms with Crippen molar-refractivity contribution >= 4 is 35.0 Å². The van der Waals surface area contributed by atoms with E-state index < -0.39 is 0 Å². The number of hydrogen-bond donors (Lipinski definition) is 0. The number of nitrogens with zero attached hydrogens (tertiary/aromatic N) is 3. The van der Waals surface area contributed by atoms with Gasteiger partial charge in [-0.25, -0.2) is 0 Å². The van der Waals surface area contributed by atoms with Crippen molar-refractivity contribution in [2.45, 2.75) is 20.0 Å². The number of carbonyl (C=O) groups is 1. The predicted octanol–water partition coefficient (Wildman–Crippen LogP) is 4.67. The molecule has 0 spiro atoms. The maximum Gasteiger partial charge on any atom is 0.220 e. The number of halogens is 1. The topological polar surface area (TPSA) is 97.7 Å². The van der Waals surface area contributed by atoms with E-state index in [9.17, 15) is 9.59 Å². The monoisotopic (exact) mass is 565 g/mol. The van der Waals surface area contributed by atoms with Crippen LogP contribution in [0.2, 0.25) is 0 Å². The summed E-state index contributed by atoms with van der Waals surface area (Å²) in [5.41, 5.74) is 3.75. The van der Waals surface area contributed by atoms with E-state index in [4.69, 9.17) is 9.15 Å². The number of rotatable bonds is 6. The molecule has 0 radical (unpaired) electrons. The molecule has 5 rings (SSSR count). The van der Waals surface area contributed by atoms with Crippen LogP contribution in [0, 0.1) is 6.92 Å². The molecule has 4 aromatic rings. The summed E-state index contributed by atoms with van der Waals surface area (Å²) < 4.78 is 12.1. The molecule has 3 aromatic carbocycles. The van der Waals surface area contributed by atoms with Crippen molar-refractivity contribution in [2.75, 3.05) is 45.2 Å². The maximum atomic E-state index is 13.5. The molecule has 1 amide bonds. The fourth-order valence-corrected chi connectivity index (χ4v) is 5.32. The second kappa shape index (κ2) is 13.0. The smallest absolute Gasteiger partial charge is 0.220 e. The van der Waals surface area contributed by atoms with E-state index in [1.54, 1.807) is 31.9 Å². The average Bonchev–Trinajstić information content (AvgIpc) is 2.96. The molecule has 1 fully saturated rings. The van der Waals surface area contributed by atoms with Gasteiger partial charge in [-0.05, 0) is 25.1 Å². The number of anilines is 1. The third-order valence-electron chi connectivity index (χ3n) is 7.44. The van der Waals surface area contributed by atoms with Crippen LogP contribution in [0.25, 0.3) is 22.3 Å². The van der Waals surface area contributed by atoms with Gasteiger partial charge in [0, 0.05) is 56.8 Å². The minimum absolute atomic E-state index is 0. The van der Waals surface area contributed by atoms with Crippen LogP contribution in [0.15, 0.2) is 82.0 Å². The zero-order valence-electron chi connectivity index (χ0n) is 23.2. The van der Waals surface area contributed by atoms with E-state index >= 15 is 0 Å². The highest BCUT2D eigenvalue weighted by Gasteiger charge is 2.32. The van der Waals surface area contributed by atoms with Crippen molar-refractivity contribution < 1.29 is 19.4 Å². The SMILES string of the molecule is COc1ccccc1N1CCN(C(c2cccc3c(=O)c(C)c(-c4ccccc4)oc23)N(C)C(C)=O)CC1.Cl.O. The molecule has 2 heterocycles. The van der Waals surface area contributed by atoms with Gasteiger partial charge in [0.25, 0.3) is 0 Å². The highest BCUT2D eigenvalue weighted by atomic mass is 35.5. The molecule has 1 aliphatic heterocycles. The van der Waals surface area contributed by atoms with E-state index in [-0.39, 0.29) is 35.4 Å². The standard InChI is InChI=1S/C31H33N3O4.ClH.H2O/c1-21-28(36)24-13-10-14-25(30(24)38-29(21)23-11-6-5-7-12-23)31(32(3)22(2)35)34-19-17-33(18-20-34)26-15-8-9-16-27(26)37-4;;/h5-16,31H,17-20H2,1-4H3;1H;1H2. The van der Waals surface area contributed by atoms with Gasteiger partial charge in [-0.3, -0.25) is 14.5 Å². The Morgan fingerprint density at radius 3 is 2.25 bits per heavy atom. The lowest BCUT2D eigenvalue weighted by atomic mass is 10.0. The summed E-state index contributed by atoms with van der Waals surface area (Å²) in [4.78, 5) is 32.5. The van der Waals surface area contributed by atoms with Crippen LogP contribution >= 0.6 is 12.4 Å². The molecule has 2 N–H and O–H groups in total. The molecular weight excluding hydrogens is 530 g/mol. The third kappa shape index (κ3) is 5.70. The Hall–Kier alpha value is -3.85. The van der Waals surface area contributed by atoms with Gasteiger partial charge < -0.3 is 24.4 Å². The fraction of sp³-hybridized carbons (Fsp3) is 0.290. The Balaban J connectivity index is 0.00000220. The minimum Gasteiger partial charge on any atom is -0.495 e. The van der Waals surface area contributed by atoms with Crippen molar-refractivity contribution in [1.82, 2.24) is 9.80 Å². The quantitative estimate of drug-likeness (QED) is 0.337. The maximum absolute atomic E-state index is 13.5. The summed E-state index contributed by atoms with van der Waals surface area (Å²) in [6, 6.07) is 23.3. The van der Waals surface area contributed by atoms with Gasteiger partial charge in [0.2, 0.25) is 5.91 Å². The van der Waals surface area contributed by atoms with Crippen LogP contribution in [0.5, 0.6) is 5.75 Å². The van der Waals surface area contributed by atoms with Gasteiger partial charge in [0.15, 0.2) is 5.43 Å². The Kier molecular flexibility index (Phi) is 9.98. The molecule has 1 aliphatic rings. The number of methoxy groups -OCH3 is 1. The average molecular weight is 566 g/mol. The summed E-state index contributed by atoms with van der Waals surface area (Å²) in [5.74, 6) is 1.34. The molecule has 1 atom stereocenters. The number of para-hydroxylation sites is 3. The first kappa shape index (κ1) is 30.7. The lowest BCUT2D eigenvalue weighted by molar-refractivity contribution is -0.133. The minimum atomic E-state index is -0.384. The van der Waals surface area contributed by atoms with E-state index in [2.05, 4.69) is 15.9 Å². The van der Waals surface area contributed by atoms with Gasteiger partial charge in [-0.15, -0.1) is 12.4 Å². The number of fused-ring (bicyclic) bond motifs is 1. The third-order valence-corrected chi connectivity index (χ3v) is 7.44. The van der Waals surface area contributed by atoms with E-state index in [0.717, 1.165) is 48.7 Å². The first-order chi connectivity index (χ1) is 18.4. The number of ether oxygens (including phenoxy) is 1. The van der Waals surface area contributed by atoms with Crippen LogP contribution < -0.4 is 15.1 Å². The second-order valence-corrected chi connectivity index (χ2v) is 9.67. The normalized spacial score (nSPS) is 14.2. The first-order valence-corrected chi connectivity index (χ1v) is 12.9. The molecule has 0 aliphatic carbocycles. The largest absolute Gasteiger partial charge is 0.495 e. The van der Waals surface area contributed by atoms with Crippen molar-refractivity contribution in [3.63, 3.8) is 0 Å². The lowest BCUT2D eigenvalue weighted by Gasteiger charge is -2.43. The summed E-state index contributed by atoms with van der Waals surface area (Å²) in [6.07, 6.45) is -0.384. The molecule has 0 saturated carbocycles. The molecule has 1 unspecified atom stereocenters. The molecule has 0 bridgehead atoms. The highest BCUT2D eigenvalue weighted by Crippen LogP contribution is 2.35. The molecule has 212 valence electrons. The summed E-state index contributed by atoms with van der Waals surface area (Å²) in [5, 5.41) is 0.522. The summed E-state index contributed by atoms with van der Waals surface area (Å²) in [7, 11) is 3.50. The van der Waals surface area contributed by atoms with Gasteiger partial charge in [0.05, 0.1) is 18.2 Å².